The lowest BCUT2D eigenvalue weighted by Crippen LogP contribution is -2.47. The fourth-order valence-corrected chi connectivity index (χ4v) is 2.93. The molecule has 1 heterocycles. The Morgan fingerprint density at radius 1 is 1.15 bits per heavy atom. The van der Waals surface area contributed by atoms with Crippen molar-refractivity contribution in [2.75, 3.05) is 0 Å². The molecule has 0 amide bonds. The molecule has 3 heteroatoms. The van der Waals surface area contributed by atoms with Crippen molar-refractivity contribution in [1.29, 1.82) is 0 Å². The van der Waals surface area contributed by atoms with Crippen molar-refractivity contribution in [1.82, 2.24) is 5.01 Å². The summed E-state index contributed by atoms with van der Waals surface area (Å²) in [6.45, 7) is 2.12. The fourth-order valence-electron chi connectivity index (χ4n) is 2.93. The Bertz CT molecular complexity index is 195. The molecule has 0 bridgehead atoms. The fraction of sp³-hybridized carbons (Fsp3) is 1.00. The molecule has 3 nitrogen and oxygen atoms in total. The molecule has 0 aromatic rings. The zero-order chi connectivity index (χ0) is 9.26. The molecule has 1 aliphatic heterocycles. The van der Waals surface area contributed by atoms with Gasteiger partial charge in [0, 0.05) is 6.04 Å². The molecule has 0 aromatic heterocycles. The third-order valence-corrected chi connectivity index (χ3v) is 3.71. The van der Waals surface area contributed by atoms with Gasteiger partial charge in [0.2, 0.25) is 0 Å². The van der Waals surface area contributed by atoms with E-state index in [9.17, 15) is 4.91 Å². The van der Waals surface area contributed by atoms with Crippen molar-refractivity contribution < 1.29 is 0 Å². The van der Waals surface area contributed by atoms with Crippen molar-refractivity contribution >= 4 is 0 Å². The highest BCUT2D eigenvalue weighted by atomic mass is 16.3. The minimum atomic E-state index is 0.372. The Hall–Kier alpha value is -0.600. The maximum Gasteiger partial charge on any atom is 0.0534 e. The van der Waals surface area contributed by atoms with E-state index < -0.39 is 0 Å². The minimum Gasteiger partial charge on any atom is -0.255 e. The maximum atomic E-state index is 10.7. The highest BCUT2D eigenvalue weighted by Crippen LogP contribution is 2.37. The molecule has 2 aliphatic rings. The van der Waals surface area contributed by atoms with Gasteiger partial charge in [0.05, 0.1) is 11.3 Å². The standard InChI is InChI=1S/C10H18N2O/c1-8-6-7-9-4-2-3-5-10(9)12(8)11-13/h8-10H,2-7H2,1H3/t8-,9-,10-/m1/s1. The molecule has 3 atom stereocenters. The zero-order valence-corrected chi connectivity index (χ0v) is 8.28. The van der Waals surface area contributed by atoms with Crippen LogP contribution in [0.25, 0.3) is 0 Å². The van der Waals surface area contributed by atoms with E-state index in [4.69, 9.17) is 0 Å². The van der Waals surface area contributed by atoms with Gasteiger partial charge in [-0.15, -0.1) is 4.91 Å². The summed E-state index contributed by atoms with van der Waals surface area (Å²) in [5.74, 6) is 0.752. The van der Waals surface area contributed by atoms with Crippen LogP contribution in [0.5, 0.6) is 0 Å². The van der Waals surface area contributed by atoms with Gasteiger partial charge in [0.25, 0.3) is 0 Å². The molecule has 1 aliphatic carbocycles. The molecule has 1 saturated heterocycles. The number of nitroso groups, excluding NO2 is 1. The van der Waals surface area contributed by atoms with Crippen LogP contribution in [0.15, 0.2) is 5.29 Å². The smallest absolute Gasteiger partial charge is 0.0534 e. The Morgan fingerprint density at radius 2 is 1.92 bits per heavy atom. The summed E-state index contributed by atoms with van der Waals surface area (Å²) < 4.78 is 0. The average molecular weight is 182 g/mol. The summed E-state index contributed by atoms with van der Waals surface area (Å²) in [5.41, 5.74) is 0. The first-order valence-corrected chi connectivity index (χ1v) is 5.44. The molecular weight excluding hydrogens is 164 g/mol. The Balaban J connectivity index is 2.09. The Labute approximate surface area is 79.4 Å². The van der Waals surface area contributed by atoms with E-state index in [0.717, 1.165) is 12.3 Å². The minimum absolute atomic E-state index is 0.372. The number of nitrogens with zero attached hydrogens (tertiary/aromatic N) is 2. The molecule has 2 rings (SSSR count). The van der Waals surface area contributed by atoms with E-state index in [1.165, 1.54) is 32.1 Å². The lowest BCUT2D eigenvalue weighted by atomic mass is 9.77. The lowest BCUT2D eigenvalue weighted by molar-refractivity contribution is 0.0227. The molecule has 74 valence electrons. The second-order valence-electron chi connectivity index (χ2n) is 4.50. The van der Waals surface area contributed by atoms with Crippen LogP contribution in [0.1, 0.15) is 45.4 Å². The number of hydrogen-bond donors (Lipinski definition) is 0. The second kappa shape index (κ2) is 3.64. The number of piperidine rings is 1. The zero-order valence-electron chi connectivity index (χ0n) is 8.28. The van der Waals surface area contributed by atoms with E-state index in [-0.39, 0.29) is 0 Å². The molecule has 0 spiro atoms. The van der Waals surface area contributed by atoms with E-state index in [0.29, 0.717) is 12.1 Å². The van der Waals surface area contributed by atoms with Crippen molar-refractivity contribution in [2.45, 2.75) is 57.5 Å². The number of fused-ring (bicyclic) bond motifs is 1. The summed E-state index contributed by atoms with van der Waals surface area (Å²) in [6.07, 6.45) is 7.57. The Morgan fingerprint density at radius 3 is 2.69 bits per heavy atom. The molecule has 0 aromatic carbocycles. The molecule has 0 radical (unpaired) electrons. The van der Waals surface area contributed by atoms with Crippen molar-refractivity contribution in [3.05, 3.63) is 4.91 Å². The first-order valence-electron chi connectivity index (χ1n) is 5.44. The van der Waals surface area contributed by atoms with E-state index in [1.54, 1.807) is 0 Å². The molecule has 0 N–H and O–H groups in total. The predicted molar refractivity (Wildman–Crippen MR) is 52.1 cm³/mol. The van der Waals surface area contributed by atoms with Crippen molar-refractivity contribution in [2.24, 2.45) is 11.2 Å². The van der Waals surface area contributed by atoms with Gasteiger partial charge >= 0.3 is 0 Å². The van der Waals surface area contributed by atoms with Crippen molar-refractivity contribution in [3.8, 4) is 0 Å². The van der Waals surface area contributed by atoms with Crippen LogP contribution in [0.4, 0.5) is 0 Å². The molecule has 0 unspecified atom stereocenters. The Kier molecular flexibility index (Phi) is 2.51. The first kappa shape index (κ1) is 8.97. The van der Waals surface area contributed by atoms with Gasteiger partial charge in [-0.05, 0) is 38.5 Å². The third kappa shape index (κ3) is 1.56. The van der Waals surface area contributed by atoms with Crippen LogP contribution in [0.2, 0.25) is 0 Å². The molecule has 13 heavy (non-hydrogen) atoms. The summed E-state index contributed by atoms with van der Waals surface area (Å²) in [5, 5.41) is 5.02. The van der Waals surface area contributed by atoms with E-state index >= 15 is 0 Å². The normalized spacial score (nSPS) is 39.8. The van der Waals surface area contributed by atoms with Gasteiger partial charge in [-0.2, -0.15) is 0 Å². The van der Waals surface area contributed by atoms with Gasteiger partial charge in [0.1, 0.15) is 0 Å². The van der Waals surface area contributed by atoms with Crippen LogP contribution in [0, 0.1) is 10.8 Å². The van der Waals surface area contributed by atoms with Crippen LogP contribution in [-0.2, 0) is 0 Å². The van der Waals surface area contributed by atoms with E-state index in [2.05, 4.69) is 12.2 Å². The molecule has 1 saturated carbocycles. The average Bonchev–Trinajstić information content (AvgIpc) is 2.18. The predicted octanol–water partition coefficient (Wildman–Crippen LogP) is 2.71. The van der Waals surface area contributed by atoms with Crippen LogP contribution >= 0.6 is 0 Å². The molecule has 2 fully saturated rings. The monoisotopic (exact) mass is 182 g/mol. The van der Waals surface area contributed by atoms with Gasteiger partial charge < -0.3 is 0 Å². The van der Waals surface area contributed by atoms with Crippen molar-refractivity contribution in [3.63, 3.8) is 0 Å². The largest absolute Gasteiger partial charge is 0.255 e. The lowest BCUT2D eigenvalue weighted by Gasteiger charge is -2.44. The third-order valence-electron chi connectivity index (χ3n) is 3.71. The second-order valence-corrected chi connectivity index (χ2v) is 4.50. The summed E-state index contributed by atoms with van der Waals surface area (Å²) in [4.78, 5) is 10.7. The van der Waals surface area contributed by atoms with Gasteiger partial charge in [-0.1, -0.05) is 12.8 Å². The van der Waals surface area contributed by atoms with Gasteiger partial charge in [-0.3, -0.25) is 5.01 Å². The van der Waals surface area contributed by atoms with Crippen LogP contribution in [0.3, 0.4) is 0 Å². The number of rotatable bonds is 1. The highest BCUT2D eigenvalue weighted by Gasteiger charge is 2.36. The topological polar surface area (TPSA) is 32.7 Å². The van der Waals surface area contributed by atoms with E-state index in [1.807, 2.05) is 5.01 Å². The van der Waals surface area contributed by atoms with Gasteiger partial charge in [0.15, 0.2) is 0 Å². The first-order chi connectivity index (χ1) is 6.33. The van der Waals surface area contributed by atoms with Gasteiger partial charge in [-0.25, -0.2) is 0 Å². The maximum absolute atomic E-state index is 10.7. The number of hydrogen-bond acceptors (Lipinski definition) is 2. The van der Waals surface area contributed by atoms with Crippen LogP contribution in [-0.4, -0.2) is 17.1 Å². The van der Waals surface area contributed by atoms with Crippen LogP contribution < -0.4 is 0 Å². The quantitative estimate of drug-likeness (QED) is 0.584. The highest BCUT2D eigenvalue weighted by molar-refractivity contribution is 4.88. The summed E-state index contributed by atoms with van der Waals surface area (Å²) >= 11 is 0. The molecular formula is C10H18N2O. The summed E-state index contributed by atoms with van der Waals surface area (Å²) in [7, 11) is 0. The summed E-state index contributed by atoms with van der Waals surface area (Å²) in [6, 6.07) is 0.840. The SMILES string of the molecule is C[C@@H]1CC[C@H]2CCCC[C@H]2N1N=O.